The Morgan fingerprint density at radius 1 is 1.24 bits per heavy atom. The molecule has 17 heavy (non-hydrogen) atoms. The number of carboxylic acid groups (broad SMARTS) is 1. The van der Waals surface area contributed by atoms with Crippen molar-refractivity contribution < 1.29 is 14.7 Å². The van der Waals surface area contributed by atoms with Crippen LogP contribution in [0.25, 0.3) is 0 Å². The summed E-state index contributed by atoms with van der Waals surface area (Å²) in [7, 11) is 0. The third kappa shape index (κ3) is 3.15. The molecule has 0 aromatic heterocycles. The second-order valence-corrected chi connectivity index (χ2v) is 6.18. The molecule has 2 atom stereocenters. The summed E-state index contributed by atoms with van der Waals surface area (Å²) in [5, 5.41) is 9.45. The van der Waals surface area contributed by atoms with E-state index in [2.05, 4.69) is 0 Å². The Bertz CT molecular complexity index is 302. The molecule has 0 aromatic carbocycles. The number of carboxylic acids is 1. The molecule has 5 heteroatoms. The maximum atomic E-state index is 12.1. The van der Waals surface area contributed by atoms with Gasteiger partial charge in [-0.3, -0.25) is 4.79 Å². The highest BCUT2D eigenvalue weighted by Gasteiger charge is 2.34. The number of aliphatic carboxylic acids is 1. The van der Waals surface area contributed by atoms with E-state index < -0.39 is 12.0 Å². The first-order valence-electron chi connectivity index (χ1n) is 6.32. The van der Waals surface area contributed by atoms with E-state index in [-0.39, 0.29) is 5.91 Å². The Morgan fingerprint density at radius 2 is 2.06 bits per heavy atom. The summed E-state index contributed by atoms with van der Waals surface area (Å²) in [6.07, 6.45) is 5.50. The van der Waals surface area contributed by atoms with Crippen LogP contribution in [0.3, 0.4) is 0 Å². The predicted molar refractivity (Wildman–Crippen MR) is 67.1 cm³/mol. The summed E-state index contributed by atoms with van der Waals surface area (Å²) in [6, 6.07) is -0.573. The fourth-order valence-electron chi connectivity index (χ4n) is 2.60. The Labute approximate surface area is 106 Å². The van der Waals surface area contributed by atoms with E-state index in [1.807, 2.05) is 11.8 Å². The zero-order valence-electron chi connectivity index (χ0n) is 9.93. The average Bonchev–Trinajstić information content (AvgIpc) is 2.79. The highest BCUT2D eigenvalue weighted by molar-refractivity contribution is 7.99. The smallest absolute Gasteiger partial charge is 0.326 e. The number of amides is 1. The molecule has 0 aliphatic carbocycles. The molecular weight excluding hydrogens is 238 g/mol. The fraction of sp³-hybridized carbons (Fsp3) is 0.833. The predicted octanol–water partition coefficient (Wildman–Crippen LogP) is 1.74. The zero-order valence-corrected chi connectivity index (χ0v) is 10.7. The molecule has 2 aliphatic rings. The first-order chi connectivity index (χ1) is 8.18. The Hall–Kier alpha value is -0.710. The van der Waals surface area contributed by atoms with E-state index in [9.17, 15) is 9.59 Å². The number of likely N-dealkylation sites (tertiary alicyclic amines) is 1. The number of hydrogen-bond acceptors (Lipinski definition) is 3. The van der Waals surface area contributed by atoms with Crippen molar-refractivity contribution in [2.45, 2.75) is 49.8 Å². The standard InChI is InChI=1S/C12H19NO3S/c14-11(8-9-4-1-2-7-17-9)13-6-3-5-10(13)12(15)16/h9-10H,1-8H2,(H,15,16)/t9?,10-/m0/s1. The van der Waals surface area contributed by atoms with Gasteiger partial charge < -0.3 is 10.0 Å². The molecule has 0 bridgehead atoms. The topological polar surface area (TPSA) is 57.6 Å². The van der Waals surface area contributed by atoms with Crippen molar-refractivity contribution in [1.29, 1.82) is 0 Å². The summed E-state index contributed by atoms with van der Waals surface area (Å²) in [4.78, 5) is 24.7. The lowest BCUT2D eigenvalue weighted by Gasteiger charge is -2.26. The molecule has 1 N–H and O–H groups in total. The number of rotatable bonds is 3. The van der Waals surface area contributed by atoms with Crippen molar-refractivity contribution in [3.05, 3.63) is 0 Å². The van der Waals surface area contributed by atoms with Crippen LogP contribution in [0.15, 0.2) is 0 Å². The number of thioether (sulfide) groups is 1. The Kier molecular flexibility index (Phi) is 4.31. The SMILES string of the molecule is O=C(O)[C@@H]1CCCN1C(=O)CC1CCCCS1. The zero-order chi connectivity index (χ0) is 12.3. The molecule has 1 unspecified atom stereocenters. The summed E-state index contributed by atoms with van der Waals surface area (Å²) in [5.74, 6) is 0.321. The highest BCUT2D eigenvalue weighted by Crippen LogP contribution is 2.29. The van der Waals surface area contributed by atoms with Crippen molar-refractivity contribution in [2.75, 3.05) is 12.3 Å². The fourth-order valence-corrected chi connectivity index (χ4v) is 3.90. The number of carbonyl (C=O) groups is 2. The molecule has 0 aromatic rings. The van der Waals surface area contributed by atoms with Gasteiger partial charge in [-0.1, -0.05) is 6.42 Å². The van der Waals surface area contributed by atoms with E-state index in [4.69, 9.17) is 5.11 Å². The summed E-state index contributed by atoms with van der Waals surface area (Å²) in [5.41, 5.74) is 0. The van der Waals surface area contributed by atoms with Crippen LogP contribution in [0.4, 0.5) is 0 Å². The van der Waals surface area contributed by atoms with Crippen LogP contribution < -0.4 is 0 Å². The van der Waals surface area contributed by atoms with Gasteiger partial charge in [0.2, 0.25) is 5.91 Å². The maximum Gasteiger partial charge on any atom is 0.326 e. The lowest BCUT2D eigenvalue weighted by atomic mass is 10.1. The second kappa shape index (κ2) is 5.76. The van der Waals surface area contributed by atoms with E-state index in [0.29, 0.717) is 24.6 Å². The molecule has 4 nitrogen and oxygen atoms in total. The van der Waals surface area contributed by atoms with Crippen LogP contribution in [0.1, 0.15) is 38.5 Å². The highest BCUT2D eigenvalue weighted by atomic mass is 32.2. The molecule has 96 valence electrons. The van der Waals surface area contributed by atoms with Crippen LogP contribution in [0.5, 0.6) is 0 Å². The van der Waals surface area contributed by atoms with Gasteiger partial charge in [0.1, 0.15) is 6.04 Å². The molecule has 0 radical (unpaired) electrons. The first-order valence-corrected chi connectivity index (χ1v) is 7.37. The minimum atomic E-state index is -0.854. The number of hydrogen-bond donors (Lipinski definition) is 1. The monoisotopic (exact) mass is 257 g/mol. The molecule has 2 saturated heterocycles. The van der Waals surface area contributed by atoms with Crippen LogP contribution in [0, 0.1) is 0 Å². The van der Waals surface area contributed by atoms with Crippen LogP contribution in [-0.2, 0) is 9.59 Å². The average molecular weight is 257 g/mol. The minimum Gasteiger partial charge on any atom is -0.480 e. The largest absolute Gasteiger partial charge is 0.480 e. The second-order valence-electron chi connectivity index (χ2n) is 4.78. The Morgan fingerprint density at radius 3 is 2.71 bits per heavy atom. The molecule has 2 aliphatic heterocycles. The summed E-state index contributed by atoms with van der Waals surface area (Å²) >= 11 is 1.87. The molecule has 1 amide bonds. The minimum absolute atomic E-state index is 0.0364. The molecule has 2 heterocycles. The van der Waals surface area contributed by atoms with Gasteiger partial charge in [-0.2, -0.15) is 11.8 Å². The number of carbonyl (C=O) groups excluding carboxylic acids is 1. The lowest BCUT2D eigenvalue weighted by Crippen LogP contribution is -2.41. The maximum absolute atomic E-state index is 12.1. The normalized spacial score (nSPS) is 29.3. The van der Waals surface area contributed by atoms with Crippen molar-refractivity contribution in [2.24, 2.45) is 0 Å². The molecule has 2 rings (SSSR count). The van der Waals surface area contributed by atoms with E-state index in [1.54, 1.807) is 4.90 Å². The van der Waals surface area contributed by atoms with Gasteiger partial charge in [-0.05, 0) is 31.4 Å². The van der Waals surface area contributed by atoms with Gasteiger partial charge in [-0.15, -0.1) is 0 Å². The van der Waals surface area contributed by atoms with Crippen LogP contribution in [-0.4, -0.2) is 45.5 Å². The quantitative estimate of drug-likeness (QED) is 0.836. The van der Waals surface area contributed by atoms with Crippen LogP contribution >= 0.6 is 11.8 Å². The van der Waals surface area contributed by atoms with E-state index >= 15 is 0 Å². The van der Waals surface area contributed by atoms with Crippen molar-refractivity contribution >= 4 is 23.6 Å². The summed E-state index contributed by atoms with van der Waals surface area (Å²) in [6.45, 7) is 0.618. The van der Waals surface area contributed by atoms with Crippen molar-refractivity contribution in [3.63, 3.8) is 0 Å². The molecule has 2 fully saturated rings. The van der Waals surface area contributed by atoms with Gasteiger partial charge >= 0.3 is 5.97 Å². The molecular formula is C12H19NO3S. The van der Waals surface area contributed by atoms with Gasteiger partial charge in [0.25, 0.3) is 0 Å². The van der Waals surface area contributed by atoms with Gasteiger partial charge in [0, 0.05) is 18.2 Å². The lowest BCUT2D eigenvalue weighted by molar-refractivity contribution is -0.148. The first kappa shape index (κ1) is 12.7. The third-order valence-electron chi connectivity index (χ3n) is 3.53. The van der Waals surface area contributed by atoms with E-state index in [0.717, 1.165) is 18.6 Å². The Balaban J connectivity index is 1.88. The third-order valence-corrected chi connectivity index (χ3v) is 4.93. The van der Waals surface area contributed by atoms with Crippen LogP contribution in [0.2, 0.25) is 0 Å². The summed E-state index contributed by atoms with van der Waals surface area (Å²) < 4.78 is 0. The van der Waals surface area contributed by atoms with E-state index in [1.165, 1.54) is 12.8 Å². The number of nitrogens with zero attached hydrogens (tertiary/aromatic N) is 1. The van der Waals surface area contributed by atoms with Gasteiger partial charge in [0.15, 0.2) is 0 Å². The molecule has 0 spiro atoms. The molecule has 0 saturated carbocycles. The van der Waals surface area contributed by atoms with Crippen molar-refractivity contribution in [1.82, 2.24) is 4.90 Å². The van der Waals surface area contributed by atoms with Crippen molar-refractivity contribution in [3.8, 4) is 0 Å². The van der Waals surface area contributed by atoms with Gasteiger partial charge in [-0.25, -0.2) is 4.79 Å². The van der Waals surface area contributed by atoms with Gasteiger partial charge in [0.05, 0.1) is 0 Å².